The summed E-state index contributed by atoms with van der Waals surface area (Å²) in [4.78, 5) is 14.2. The normalized spacial score (nSPS) is 15.5. The number of hydrogen-bond donors (Lipinski definition) is 1. The van der Waals surface area contributed by atoms with E-state index >= 15 is 0 Å². The number of hydrogen-bond acceptors (Lipinski definition) is 4. The first kappa shape index (κ1) is 17.1. The summed E-state index contributed by atoms with van der Waals surface area (Å²) in [7, 11) is 1.67. The molecule has 1 aliphatic rings. The number of nitrogens with one attached hydrogen (secondary N) is 1. The first-order valence-electron chi connectivity index (χ1n) is 8.58. The van der Waals surface area contributed by atoms with Crippen molar-refractivity contribution in [2.45, 2.75) is 25.8 Å². The van der Waals surface area contributed by atoms with Gasteiger partial charge in [-0.3, -0.25) is 4.79 Å². The van der Waals surface area contributed by atoms with E-state index < -0.39 is 0 Å². The SMILES string of the molecule is COc1cccc(NC2CCN(C(=O)C=Cc3ccc(C)o3)CC2)c1. The lowest BCUT2D eigenvalue weighted by Crippen LogP contribution is -2.41. The topological polar surface area (TPSA) is 54.7 Å². The van der Waals surface area contributed by atoms with Crippen LogP contribution >= 0.6 is 0 Å². The van der Waals surface area contributed by atoms with Crippen molar-refractivity contribution in [2.75, 3.05) is 25.5 Å². The second-order valence-corrected chi connectivity index (χ2v) is 6.26. The number of benzene rings is 1. The van der Waals surface area contributed by atoms with Crippen LogP contribution in [0, 0.1) is 6.92 Å². The van der Waals surface area contributed by atoms with Crippen molar-refractivity contribution in [2.24, 2.45) is 0 Å². The van der Waals surface area contributed by atoms with Crippen LogP contribution in [-0.2, 0) is 4.79 Å². The van der Waals surface area contributed by atoms with Crippen molar-refractivity contribution in [1.82, 2.24) is 4.90 Å². The highest BCUT2D eigenvalue weighted by atomic mass is 16.5. The summed E-state index contributed by atoms with van der Waals surface area (Å²) >= 11 is 0. The highest BCUT2D eigenvalue weighted by Gasteiger charge is 2.21. The smallest absolute Gasteiger partial charge is 0.246 e. The van der Waals surface area contributed by atoms with Crippen LogP contribution in [0.1, 0.15) is 24.4 Å². The third-order valence-corrected chi connectivity index (χ3v) is 4.40. The molecule has 1 aromatic heterocycles. The lowest BCUT2D eigenvalue weighted by atomic mass is 10.0. The summed E-state index contributed by atoms with van der Waals surface area (Å²) in [5, 5.41) is 3.52. The van der Waals surface area contributed by atoms with Gasteiger partial charge >= 0.3 is 0 Å². The molecule has 1 saturated heterocycles. The van der Waals surface area contributed by atoms with Crippen molar-refractivity contribution in [1.29, 1.82) is 0 Å². The maximum absolute atomic E-state index is 12.3. The largest absolute Gasteiger partial charge is 0.497 e. The quantitative estimate of drug-likeness (QED) is 0.843. The van der Waals surface area contributed by atoms with E-state index in [4.69, 9.17) is 9.15 Å². The molecule has 0 atom stereocenters. The van der Waals surface area contributed by atoms with E-state index in [-0.39, 0.29) is 5.91 Å². The van der Waals surface area contributed by atoms with Gasteiger partial charge in [-0.05, 0) is 50.1 Å². The first-order valence-corrected chi connectivity index (χ1v) is 8.58. The van der Waals surface area contributed by atoms with Crippen molar-refractivity contribution < 1.29 is 13.9 Å². The fourth-order valence-corrected chi connectivity index (χ4v) is 2.99. The molecule has 1 aromatic carbocycles. The standard InChI is InChI=1S/C20H24N2O3/c1-15-6-7-18(25-15)8-9-20(23)22-12-10-16(11-13-22)21-17-4-3-5-19(14-17)24-2/h3-9,14,16,21H,10-13H2,1-2H3. The number of furan rings is 1. The summed E-state index contributed by atoms with van der Waals surface area (Å²) in [5.74, 6) is 2.43. The molecule has 1 fully saturated rings. The Balaban J connectivity index is 1.49. The van der Waals surface area contributed by atoms with Gasteiger partial charge in [-0.1, -0.05) is 6.07 Å². The van der Waals surface area contributed by atoms with Crippen LogP contribution < -0.4 is 10.1 Å². The van der Waals surface area contributed by atoms with Gasteiger partial charge in [-0.2, -0.15) is 0 Å². The van der Waals surface area contributed by atoms with Crippen LogP contribution in [-0.4, -0.2) is 37.0 Å². The van der Waals surface area contributed by atoms with E-state index in [1.165, 1.54) is 0 Å². The molecule has 2 heterocycles. The minimum atomic E-state index is 0.0360. The average Bonchev–Trinajstić information content (AvgIpc) is 3.06. The van der Waals surface area contributed by atoms with E-state index in [1.54, 1.807) is 19.3 Å². The van der Waals surface area contributed by atoms with Crippen LogP contribution in [0.5, 0.6) is 5.75 Å². The Morgan fingerprint density at radius 3 is 2.76 bits per heavy atom. The Hall–Kier alpha value is -2.69. The Kier molecular flexibility index (Phi) is 5.43. The molecule has 3 rings (SSSR count). The molecular weight excluding hydrogens is 316 g/mol. The highest BCUT2D eigenvalue weighted by molar-refractivity contribution is 5.91. The second kappa shape index (κ2) is 7.92. The third kappa shape index (κ3) is 4.66. The molecule has 1 amide bonds. The zero-order chi connectivity index (χ0) is 17.6. The van der Waals surface area contributed by atoms with E-state index in [9.17, 15) is 4.79 Å². The van der Waals surface area contributed by atoms with E-state index in [2.05, 4.69) is 5.32 Å². The Morgan fingerprint density at radius 2 is 2.08 bits per heavy atom. The van der Waals surface area contributed by atoms with Gasteiger partial charge in [0.25, 0.3) is 0 Å². The molecule has 0 saturated carbocycles. The highest BCUT2D eigenvalue weighted by Crippen LogP contribution is 2.21. The minimum absolute atomic E-state index is 0.0360. The number of aryl methyl sites for hydroxylation is 1. The lowest BCUT2D eigenvalue weighted by molar-refractivity contribution is -0.126. The van der Waals surface area contributed by atoms with Crippen molar-refractivity contribution in [3.8, 4) is 5.75 Å². The molecule has 0 spiro atoms. The summed E-state index contributed by atoms with van der Waals surface area (Å²) in [6, 6.07) is 12.1. The van der Waals surface area contributed by atoms with Crippen LogP contribution in [0.2, 0.25) is 0 Å². The maximum Gasteiger partial charge on any atom is 0.246 e. The van der Waals surface area contributed by atoms with Gasteiger partial charge in [0.05, 0.1) is 7.11 Å². The number of likely N-dealkylation sites (tertiary alicyclic amines) is 1. The van der Waals surface area contributed by atoms with Gasteiger partial charge in [0.2, 0.25) is 5.91 Å². The van der Waals surface area contributed by atoms with Gasteiger partial charge in [0.1, 0.15) is 17.3 Å². The molecule has 25 heavy (non-hydrogen) atoms. The zero-order valence-corrected chi connectivity index (χ0v) is 14.7. The van der Waals surface area contributed by atoms with Gasteiger partial charge in [-0.25, -0.2) is 0 Å². The van der Waals surface area contributed by atoms with Crippen molar-refractivity contribution >= 4 is 17.7 Å². The zero-order valence-electron chi connectivity index (χ0n) is 14.7. The van der Waals surface area contributed by atoms with Crippen LogP contribution in [0.15, 0.2) is 46.9 Å². The fourth-order valence-electron chi connectivity index (χ4n) is 2.99. The number of nitrogens with zero attached hydrogens (tertiary/aromatic N) is 1. The third-order valence-electron chi connectivity index (χ3n) is 4.40. The number of methoxy groups -OCH3 is 1. The molecule has 0 unspecified atom stereocenters. The average molecular weight is 340 g/mol. The number of piperidine rings is 1. The van der Waals surface area contributed by atoms with Crippen LogP contribution in [0.25, 0.3) is 6.08 Å². The van der Waals surface area contributed by atoms with Gasteiger partial charge < -0.3 is 19.4 Å². The summed E-state index contributed by atoms with van der Waals surface area (Å²) < 4.78 is 10.7. The van der Waals surface area contributed by atoms with E-state index in [1.807, 2.05) is 48.2 Å². The molecular formula is C20H24N2O3. The predicted octanol–water partition coefficient (Wildman–Crippen LogP) is 3.71. The molecule has 0 aliphatic carbocycles. The predicted molar refractivity (Wildman–Crippen MR) is 98.7 cm³/mol. The number of carbonyl (C=O) groups excluding carboxylic acids is 1. The number of ether oxygens (including phenoxy) is 1. The Labute approximate surface area is 148 Å². The number of rotatable bonds is 5. The van der Waals surface area contributed by atoms with Crippen molar-refractivity contribution in [3.63, 3.8) is 0 Å². The summed E-state index contributed by atoms with van der Waals surface area (Å²) in [5.41, 5.74) is 1.05. The lowest BCUT2D eigenvalue weighted by Gasteiger charge is -2.32. The van der Waals surface area contributed by atoms with E-state index in [0.717, 1.165) is 43.1 Å². The van der Waals surface area contributed by atoms with E-state index in [0.29, 0.717) is 11.8 Å². The summed E-state index contributed by atoms with van der Waals surface area (Å²) in [6.45, 7) is 3.39. The first-order chi connectivity index (χ1) is 12.1. The maximum atomic E-state index is 12.3. The monoisotopic (exact) mass is 340 g/mol. The van der Waals surface area contributed by atoms with Crippen molar-refractivity contribution in [3.05, 3.63) is 54.0 Å². The summed E-state index contributed by atoms with van der Waals surface area (Å²) in [6.07, 6.45) is 5.18. The van der Waals surface area contributed by atoms with Crippen LogP contribution in [0.3, 0.4) is 0 Å². The number of amides is 1. The van der Waals surface area contributed by atoms with Gasteiger partial charge in [0.15, 0.2) is 0 Å². The Bertz CT molecular complexity index is 743. The Morgan fingerprint density at radius 1 is 1.28 bits per heavy atom. The molecule has 2 aromatic rings. The second-order valence-electron chi connectivity index (χ2n) is 6.26. The number of carbonyl (C=O) groups is 1. The number of anilines is 1. The minimum Gasteiger partial charge on any atom is -0.497 e. The molecule has 5 nitrogen and oxygen atoms in total. The fraction of sp³-hybridized carbons (Fsp3) is 0.350. The van der Waals surface area contributed by atoms with Crippen LogP contribution in [0.4, 0.5) is 5.69 Å². The van der Waals surface area contributed by atoms with Gasteiger partial charge in [0, 0.05) is 37.0 Å². The molecule has 132 valence electrons. The molecule has 5 heteroatoms. The molecule has 0 bridgehead atoms. The molecule has 1 aliphatic heterocycles. The van der Waals surface area contributed by atoms with Gasteiger partial charge in [-0.15, -0.1) is 0 Å². The molecule has 0 radical (unpaired) electrons. The molecule has 1 N–H and O–H groups in total.